The molecule has 1 aliphatic heterocycles. The Kier molecular flexibility index (Phi) is 4.80. The SMILES string of the molecule is N#C/C(=C/N1CCCC1)C(=O)Nc1cccc(S(=O)(=O)O)c1. The van der Waals surface area contributed by atoms with Gasteiger partial charge in [-0.2, -0.15) is 13.7 Å². The number of rotatable bonds is 4. The average molecular weight is 321 g/mol. The number of nitriles is 1. The Labute approximate surface area is 128 Å². The summed E-state index contributed by atoms with van der Waals surface area (Å²) in [7, 11) is -4.34. The molecule has 2 N–H and O–H groups in total. The highest BCUT2D eigenvalue weighted by Gasteiger charge is 2.15. The van der Waals surface area contributed by atoms with E-state index in [9.17, 15) is 13.2 Å². The van der Waals surface area contributed by atoms with Gasteiger partial charge in [0.15, 0.2) is 0 Å². The van der Waals surface area contributed by atoms with E-state index in [1.807, 2.05) is 11.0 Å². The largest absolute Gasteiger partial charge is 0.376 e. The molecule has 1 aromatic rings. The molecule has 1 aliphatic rings. The van der Waals surface area contributed by atoms with E-state index in [1.54, 1.807) is 0 Å². The van der Waals surface area contributed by atoms with E-state index in [0.717, 1.165) is 32.0 Å². The molecule has 0 atom stereocenters. The molecule has 0 aliphatic carbocycles. The lowest BCUT2D eigenvalue weighted by Crippen LogP contribution is -2.18. The van der Waals surface area contributed by atoms with E-state index < -0.39 is 16.0 Å². The minimum absolute atomic E-state index is 0.0563. The van der Waals surface area contributed by atoms with Gasteiger partial charge in [0.05, 0.1) is 4.90 Å². The lowest BCUT2D eigenvalue weighted by atomic mass is 10.2. The van der Waals surface area contributed by atoms with Crippen LogP contribution in [0.2, 0.25) is 0 Å². The normalized spacial score (nSPS) is 15.5. The van der Waals surface area contributed by atoms with Gasteiger partial charge in [0.25, 0.3) is 16.0 Å². The highest BCUT2D eigenvalue weighted by molar-refractivity contribution is 7.85. The zero-order chi connectivity index (χ0) is 16.2. The lowest BCUT2D eigenvalue weighted by molar-refractivity contribution is -0.112. The molecule has 1 saturated heterocycles. The fraction of sp³-hybridized carbons (Fsp3) is 0.286. The maximum atomic E-state index is 12.1. The molecule has 0 aromatic heterocycles. The number of hydrogen-bond acceptors (Lipinski definition) is 5. The van der Waals surface area contributed by atoms with Gasteiger partial charge in [-0.05, 0) is 31.0 Å². The summed E-state index contributed by atoms with van der Waals surface area (Å²) in [5.74, 6) is -0.623. The second-order valence-electron chi connectivity index (χ2n) is 4.85. The third kappa shape index (κ3) is 4.07. The van der Waals surface area contributed by atoms with Crippen molar-refractivity contribution in [1.82, 2.24) is 4.90 Å². The van der Waals surface area contributed by atoms with Crippen molar-refractivity contribution in [1.29, 1.82) is 5.26 Å². The van der Waals surface area contributed by atoms with Crippen molar-refractivity contribution in [2.45, 2.75) is 17.7 Å². The van der Waals surface area contributed by atoms with Crippen LogP contribution in [0, 0.1) is 11.3 Å². The van der Waals surface area contributed by atoms with Crippen LogP contribution >= 0.6 is 0 Å². The highest BCUT2D eigenvalue weighted by atomic mass is 32.2. The molecule has 1 amide bonds. The van der Waals surface area contributed by atoms with E-state index in [0.29, 0.717) is 0 Å². The predicted octanol–water partition coefficient (Wildman–Crippen LogP) is 1.38. The zero-order valence-electron chi connectivity index (χ0n) is 11.7. The molecular formula is C14H15N3O4S. The first-order chi connectivity index (χ1) is 10.4. The molecule has 22 heavy (non-hydrogen) atoms. The third-order valence-corrected chi connectivity index (χ3v) is 4.06. The highest BCUT2D eigenvalue weighted by Crippen LogP contribution is 2.16. The van der Waals surface area contributed by atoms with Crippen LogP contribution in [0.3, 0.4) is 0 Å². The van der Waals surface area contributed by atoms with E-state index in [1.165, 1.54) is 24.4 Å². The number of likely N-dealkylation sites (tertiary alicyclic amines) is 1. The number of nitrogens with one attached hydrogen (secondary N) is 1. The Morgan fingerprint density at radius 3 is 2.64 bits per heavy atom. The molecule has 8 heteroatoms. The van der Waals surface area contributed by atoms with E-state index >= 15 is 0 Å². The van der Waals surface area contributed by atoms with Crippen LogP contribution in [-0.2, 0) is 14.9 Å². The first-order valence-corrected chi connectivity index (χ1v) is 8.09. The Bertz CT molecular complexity index is 744. The summed E-state index contributed by atoms with van der Waals surface area (Å²) in [6.07, 6.45) is 3.55. The molecule has 1 heterocycles. The summed E-state index contributed by atoms with van der Waals surface area (Å²) >= 11 is 0. The Morgan fingerprint density at radius 1 is 1.36 bits per heavy atom. The molecule has 0 radical (unpaired) electrons. The molecule has 1 fully saturated rings. The average Bonchev–Trinajstić information content (AvgIpc) is 2.97. The number of carbonyl (C=O) groups is 1. The van der Waals surface area contributed by atoms with E-state index in [2.05, 4.69) is 5.32 Å². The molecule has 1 aromatic carbocycles. The monoisotopic (exact) mass is 321 g/mol. The van der Waals surface area contributed by atoms with Crippen molar-refractivity contribution >= 4 is 21.7 Å². The van der Waals surface area contributed by atoms with E-state index in [-0.39, 0.29) is 16.2 Å². The van der Waals surface area contributed by atoms with Gasteiger partial charge in [-0.3, -0.25) is 9.35 Å². The second-order valence-corrected chi connectivity index (χ2v) is 6.28. The molecule has 2 rings (SSSR count). The van der Waals surface area contributed by atoms with Gasteiger partial charge in [-0.1, -0.05) is 6.07 Å². The van der Waals surface area contributed by atoms with Crippen molar-refractivity contribution in [2.75, 3.05) is 18.4 Å². The first kappa shape index (κ1) is 16.0. The summed E-state index contributed by atoms with van der Waals surface area (Å²) in [6.45, 7) is 1.60. The maximum Gasteiger partial charge on any atom is 0.294 e. The van der Waals surface area contributed by atoms with Gasteiger partial charge in [0.1, 0.15) is 11.6 Å². The van der Waals surface area contributed by atoms with Crippen LogP contribution in [-0.4, -0.2) is 36.9 Å². The summed E-state index contributed by atoms with van der Waals surface area (Å²) in [5.41, 5.74) is 0.127. The molecule has 0 unspecified atom stereocenters. The Hall–Kier alpha value is -2.37. The summed E-state index contributed by atoms with van der Waals surface area (Å²) in [4.78, 5) is 13.6. The Balaban J connectivity index is 2.15. The molecule has 0 saturated carbocycles. The zero-order valence-corrected chi connectivity index (χ0v) is 12.5. The fourth-order valence-electron chi connectivity index (χ4n) is 2.12. The summed E-state index contributed by atoms with van der Waals surface area (Å²) < 4.78 is 31.1. The smallest absolute Gasteiger partial charge is 0.294 e. The number of benzene rings is 1. The van der Waals surface area contributed by atoms with Crippen LogP contribution < -0.4 is 5.32 Å². The number of anilines is 1. The van der Waals surface area contributed by atoms with Crippen molar-refractivity contribution in [3.05, 3.63) is 36.0 Å². The minimum Gasteiger partial charge on any atom is -0.376 e. The summed E-state index contributed by atoms with van der Waals surface area (Å²) in [6, 6.07) is 7.01. The topological polar surface area (TPSA) is 111 Å². The summed E-state index contributed by atoms with van der Waals surface area (Å²) in [5, 5.41) is 11.5. The number of hydrogen-bond donors (Lipinski definition) is 2. The molecular weight excluding hydrogens is 306 g/mol. The van der Waals surface area contributed by atoms with Gasteiger partial charge >= 0.3 is 0 Å². The number of carbonyl (C=O) groups excluding carboxylic acids is 1. The van der Waals surface area contributed by atoms with Crippen LogP contribution in [0.5, 0.6) is 0 Å². The van der Waals surface area contributed by atoms with Crippen LogP contribution in [0.1, 0.15) is 12.8 Å². The molecule has 0 bridgehead atoms. The van der Waals surface area contributed by atoms with Gasteiger partial charge in [-0.25, -0.2) is 0 Å². The fourth-order valence-corrected chi connectivity index (χ4v) is 2.65. The third-order valence-electron chi connectivity index (χ3n) is 3.21. The van der Waals surface area contributed by atoms with Gasteiger partial charge in [0.2, 0.25) is 0 Å². The van der Waals surface area contributed by atoms with Crippen molar-refractivity contribution in [3.63, 3.8) is 0 Å². The van der Waals surface area contributed by atoms with Crippen molar-refractivity contribution in [3.8, 4) is 6.07 Å². The minimum atomic E-state index is -4.34. The lowest BCUT2D eigenvalue weighted by Gasteiger charge is -2.12. The van der Waals surface area contributed by atoms with Gasteiger partial charge < -0.3 is 10.2 Å². The Morgan fingerprint density at radius 2 is 2.05 bits per heavy atom. The van der Waals surface area contributed by atoms with Crippen molar-refractivity contribution < 1.29 is 17.8 Å². The molecule has 116 valence electrons. The van der Waals surface area contributed by atoms with E-state index in [4.69, 9.17) is 9.81 Å². The standard InChI is InChI=1S/C14H15N3O4S/c15-9-11(10-17-6-1-2-7-17)14(18)16-12-4-3-5-13(8-12)22(19,20)21/h3-5,8,10H,1-2,6-7H2,(H,16,18)(H,19,20,21)/b11-10-. The maximum absolute atomic E-state index is 12.1. The van der Waals surface area contributed by atoms with Crippen LogP contribution in [0.4, 0.5) is 5.69 Å². The predicted molar refractivity (Wildman–Crippen MR) is 79.4 cm³/mol. The van der Waals surface area contributed by atoms with Crippen LogP contribution in [0.25, 0.3) is 0 Å². The quantitative estimate of drug-likeness (QED) is 0.492. The number of nitrogens with zero attached hydrogens (tertiary/aromatic N) is 2. The van der Waals surface area contributed by atoms with Crippen LogP contribution in [0.15, 0.2) is 40.9 Å². The molecule has 0 spiro atoms. The second kappa shape index (κ2) is 6.60. The van der Waals surface area contributed by atoms with Gasteiger partial charge in [0, 0.05) is 25.0 Å². The first-order valence-electron chi connectivity index (χ1n) is 6.65. The van der Waals surface area contributed by atoms with Crippen molar-refractivity contribution in [2.24, 2.45) is 0 Å². The number of amides is 1. The van der Waals surface area contributed by atoms with Gasteiger partial charge in [-0.15, -0.1) is 0 Å². The molecule has 7 nitrogen and oxygen atoms in total.